The lowest BCUT2D eigenvalue weighted by molar-refractivity contribution is 0.313. The van der Waals surface area contributed by atoms with Crippen molar-refractivity contribution >= 4 is 38.8 Å². The van der Waals surface area contributed by atoms with Crippen LogP contribution in [-0.4, -0.2) is 11.0 Å². The Morgan fingerprint density at radius 2 is 2.10 bits per heavy atom. The van der Waals surface area contributed by atoms with E-state index in [4.69, 9.17) is 18.0 Å². The van der Waals surface area contributed by atoms with E-state index in [0.717, 1.165) is 21.6 Å². The molecule has 1 unspecified atom stereocenters. The van der Waals surface area contributed by atoms with Crippen LogP contribution in [-0.2, 0) is 0 Å². The summed E-state index contributed by atoms with van der Waals surface area (Å²) in [6.07, 6.45) is 8.05. The second-order valence-corrected chi connectivity index (χ2v) is 6.91. The molecule has 0 spiro atoms. The van der Waals surface area contributed by atoms with E-state index in [1.807, 2.05) is 6.07 Å². The first kappa shape index (κ1) is 15.8. The number of benzene rings is 1. The Kier molecular flexibility index (Phi) is 5.85. The van der Waals surface area contributed by atoms with Crippen molar-refractivity contribution in [1.29, 1.82) is 0 Å². The molecule has 0 aliphatic heterocycles. The maximum absolute atomic E-state index is 5.69. The number of nitrogens with two attached hydrogens (primary N) is 1. The Morgan fingerprint density at radius 3 is 2.65 bits per heavy atom. The molecule has 1 saturated carbocycles. The van der Waals surface area contributed by atoms with Gasteiger partial charge in [-0.2, -0.15) is 0 Å². The van der Waals surface area contributed by atoms with Crippen LogP contribution in [0, 0.1) is 5.92 Å². The summed E-state index contributed by atoms with van der Waals surface area (Å²) in [5.74, 6) is 0.808. The van der Waals surface area contributed by atoms with E-state index in [1.54, 1.807) is 0 Å². The maximum atomic E-state index is 5.69. The number of rotatable bonds is 5. The van der Waals surface area contributed by atoms with Gasteiger partial charge in [0.1, 0.15) is 4.99 Å². The third-order valence-corrected chi connectivity index (χ3v) is 5.12. The summed E-state index contributed by atoms with van der Waals surface area (Å²) in [4.78, 5) is 0.433. The van der Waals surface area contributed by atoms with Gasteiger partial charge in [0, 0.05) is 21.8 Å². The van der Waals surface area contributed by atoms with Gasteiger partial charge in [-0.15, -0.1) is 0 Å². The maximum Gasteiger partial charge on any atom is 0.105 e. The van der Waals surface area contributed by atoms with Crippen LogP contribution in [0.2, 0.25) is 0 Å². The van der Waals surface area contributed by atoms with Crippen LogP contribution in [0.25, 0.3) is 0 Å². The summed E-state index contributed by atoms with van der Waals surface area (Å²) in [5.41, 5.74) is 7.74. The number of halogens is 1. The van der Waals surface area contributed by atoms with Crippen molar-refractivity contribution in [3.63, 3.8) is 0 Å². The van der Waals surface area contributed by atoms with Crippen molar-refractivity contribution < 1.29 is 0 Å². The van der Waals surface area contributed by atoms with Crippen molar-refractivity contribution in [2.45, 2.75) is 51.5 Å². The van der Waals surface area contributed by atoms with Crippen molar-refractivity contribution in [2.75, 3.05) is 5.32 Å². The van der Waals surface area contributed by atoms with E-state index in [-0.39, 0.29) is 0 Å². The number of hydrogen-bond donors (Lipinski definition) is 2. The minimum Gasteiger partial charge on any atom is -0.389 e. The lowest BCUT2D eigenvalue weighted by atomic mass is 9.83. The van der Waals surface area contributed by atoms with Gasteiger partial charge in [0.05, 0.1) is 0 Å². The van der Waals surface area contributed by atoms with Gasteiger partial charge in [-0.05, 0) is 59.3 Å². The second-order valence-electron chi connectivity index (χ2n) is 5.62. The number of nitrogens with one attached hydrogen (secondary N) is 1. The van der Waals surface area contributed by atoms with Crippen LogP contribution in [0.3, 0.4) is 0 Å². The molecule has 1 aromatic rings. The monoisotopic (exact) mass is 354 g/mol. The molecule has 1 atom stereocenters. The third kappa shape index (κ3) is 3.95. The molecular weight excluding hydrogens is 332 g/mol. The fraction of sp³-hybridized carbons (Fsp3) is 0.562. The summed E-state index contributed by atoms with van der Waals surface area (Å²) in [6, 6.07) is 6.71. The Balaban J connectivity index is 2.07. The third-order valence-electron chi connectivity index (χ3n) is 4.25. The van der Waals surface area contributed by atoms with E-state index < -0.39 is 0 Å². The van der Waals surface area contributed by atoms with E-state index in [9.17, 15) is 0 Å². The largest absolute Gasteiger partial charge is 0.389 e. The van der Waals surface area contributed by atoms with Gasteiger partial charge < -0.3 is 11.1 Å². The highest BCUT2D eigenvalue weighted by Gasteiger charge is 2.22. The Morgan fingerprint density at radius 1 is 1.40 bits per heavy atom. The average molecular weight is 355 g/mol. The number of hydrogen-bond acceptors (Lipinski definition) is 2. The number of anilines is 1. The average Bonchev–Trinajstić information content (AvgIpc) is 2.45. The van der Waals surface area contributed by atoms with Crippen LogP contribution < -0.4 is 11.1 Å². The van der Waals surface area contributed by atoms with Gasteiger partial charge in [0.15, 0.2) is 0 Å². The normalized spacial score (nSPS) is 17.7. The molecule has 0 bridgehead atoms. The number of thiocarbonyl (C=S) groups is 1. The lowest BCUT2D eigenvalue weighted by Gasteiger charge is -2.31. The molecule has 4 heteroatoms. The Bertz CT molecular complexity index is 470. The first-order valence-electron chi connectivity index (χ1n) is 7.47. The van der Waals surface area contributed by atoms with Gasteiger partial charge in [-0.3, -0.25) is 0 Å². The topological polar surface area (TPSA) is 38.0 Å². The SMILES string of the molecule is CCC(Nc1ccc(C(N)=S)c(Br)c1)C1CCCCC1. The van der Waals surface area contributed by atoms with Crippen LogP contribution >= 0.6 is 28.1 Å². The summed E-state index contributed by atoms with van der Waals surface area (Å²) >= 11 is 8.58. The summed E-state index contributed by atoms with van der Waals surface area (Å²) in [6.45, 7) is 2.27. The van der Waals surface area contributed by atoms with Crippen LogP contribution in [0.1, 0.15) is 51.0 Å². The molecule has 1 fully saturated rings. The van der Waals surface area contributed by atoms with Crippen molar-refractivity contribution in [1.82, 2.24) is 0 Å². The van der Waals surface area contributed by atoms with Crippen molar-refractivity contribution in [2.24, 2.45) is 11.7 Å². The van der Waals surface area contributed by atoms with Crippen LogP contribution in [0.4, 0.5) is 5.69 Å². The first-order chi connectivity index (χ1) is 9.61. The van der Waals surface area contributed by atoms with Crippen LogP contribution in [0.5, 0.6) is 0 Å². The molecular formula is C16H23BrN2S. The van der Waals surface area contributed by atoms with Gasteiger partial charge in [0.2, 0.25) is 0 Å². The highest BCUT2D eigenvalue weighted by Crippen LogP contribution is 2.30. The molecule has 20 heavy (non-hydrogen) atoms. The molecule has 1 aromatic carbocycles. The smallest absolute Gasteiger partial charge is 0.105 e. The summed E-state index contributed by atoms with van der Waals surface area (Å²) in [5, 5.41) is 3.69. The molecule has 0 aromatic heterocycles. The summed E-state index contributed by atoms with van der Waals surface area (Å²) in [7, 11) is 0. The Labute approximate surface area is 135 Å². The fourth-order valence-electron chi connectivity index (χ4n) is 3.11. The van der Waals surface area contributed by atoms with Gasteiger partial charge in [0.25, 0.3) is 0 Å². The first-order valence-corrected chi connectivity index (χ1v) is 8.67. The molecule has 2 rings (SSSR count). The standard InChI is InChI=1S/C16H23BrN2S/c1-2-15(11-6-4-3-5-7-11)19-12-8-9-13(16(18)20)14(17)10-12/h8-11,15,19H,2-7H2,1H3,(H2,18,20). The lowest BCUT2D eigenvalue weighted by Crippen LogP contribution is -2.30. The molecule has 0 amide bonds. The Hall–Kier alpha value is -0.610. The van der Waals surface area contributed by atoms with Crippen LogP contribution in [0.15, 0.2) is 22.7 Å². The quantitative estimate of drug-likeness (QED) is 0.741. The van der Waals surface area contributed by atoms with E-state index >= 15 is 0 Å². The van der Waals surface area contributed by atoms with E-state index in [1.165, 1.54) is 38.5 Å². The minimum atomic E-state index is 0.433. The zero-order valence-corrected chi connectivity index (χ0v) is 14.4. The molecule has 1 aliphatic carbocycles. The molecule has 0 saturated heterocycles. The van der Waals surface area contributed by atoms with E-state index in [0.29, 0.717) is 11.0 Å². The van der Waals surface area contributed by atoms with Crippen molar-refractivity contribution in [3.05, 3.63) is 28.2 Å². The van der Waals surface area contributed by atoms with E-state index in [2.05, 4.69) is 40.3 Å². The molecule has 1 aliphatic rings. The predicted octanol–water partition coefficient (Wildman–Crippen LogP) is 4.85. The molecule has 0 heterocycles. The van der Waals surface area contributed by atoms with Gasteiger partial charge in [-0.25, -0.2) is 0 Å². The van der Waals surface area contributed by atoms with Crippen molar-refractivity contribution in [3.8, 4) is 0 Å². The highest BCUT2D eigenvalue weighted by molar-refractivity contribution is 9.10. The second kappa shape index (κ2) is 7.41. The van der Waals surface area contributed by atoms with Gasteiger partial charge in [-0.1, -0.05) is 38.4 Å². The fourth-order valence-corrected chi connectivity index (χ4v) is 4.01. The minimum absolute atomic E-state index is 0.433. The zero-order valence-electron chi connectivity index (χ0n) is 12.0. The highest BCUT2D eigenvalue weighted by atomic mass is 79.9. The van der Waals surface area contributed by atoms with Gasteiger partial charge >= 0.3 is 0 Å². The summed E-state index contributed by atoms with van der Waals surface area (Å²) < 4.78 is 0.966. The molecule has 2 nitrogen and oxygen atoms in total. The predicted molar refractivity (Wildman–Crippen MR) is 94.3 cm³/mol. The zero-order chi connectivity index (χ0) is 14.5. The molecule has 0 radical (unpaired) electrons. The molecule has 110 valence electrons. The molecule has 3 N–H and O–H groups in total.